The summed E-state index contributed by atoms with van der Waals surface area (Å²) in [6.45, 7) is 5.46. The molecule has 1 atom stereocenters. The van der Waals surface area contributed by atoms with Crippen LogP contribution in [0.4, 0.5) is 0 Å². The van der Waals surface area contributed by atoms with Crippen molar-refractivity contribution in [2.75, 3.05) is 14.2 Å². The molecule has 0 saturated carbocycles. The molecular weight excluding hydrogens is 348 g/mol. The molecule has 0 spiro atoms. The van der Waals surface area contributed by atoms with Crippen molar-refractivity contribution in [1.29, 1.82) is 0 Å². The van der Waals surface area contributed by atoms with E-state index in [1.165, 1.54) is 20.4 Å². The number of rotatable bonds is 4. The maximum absolute atomic E-state index is 12.5. The van der Waals surface area contributed by atoms with Gasteiger partial charge in [0.05, 0.1) is 19.8 Å². The van der Waals surface area contributed by atoms with E-state index < -0.39 is 23.4 Å². The predicted molar refractivity (Wildman–Crippen MR) is 101 cm³/mol. The average molecular weight is 370 g/mol. The zero-order valence-corrected chi connectivity index (χ0v) is 15.9. The third-order valence-corrected chi connectivity index (χ3v) is 3.73. The normalized spacial score (nSPS) is 12.0. The number of hydrogen-bond acceptors (Lipinski definition) is 7. The Labute approximate surface area is 157 Å². The molecule has 1 aromatic carbocycles. The summed E-state index contributed by atoms with van der Waals surface area (Å²) in [6, 6.07) is 6.75. The summed E-state index contributed by atoms with van der Waals surface area (Å²) in [5, 5.41) is 11.4. The molecular formula is C20H22N2O5. The second-order valence-corrected chi connectivity index (χ2v) is 6.83. The van der Waals surface area contributed by atoms with Crippen LogP contribution in [-0.4, -0.2) is 47.7 Å². The van der Waals surface area contributed by atoms with Crippen molar-refractivity contribution >= 4 is 28.7 Å². The Hall–Kier alpha value is -3.18. The summed E-state index contributed by atoms with van der Waals surface area (Å²) >= 11 is 0. The minimum Gasteiger partial charge on any atom is -0.505 e. The molecule has 7 heteroatoms. The first-order valence-electron chi connectivity index (χ1n) is 8.27. The lowest BCUT2D eigenvalue weighted by atomic mass is 9.90. The first-order valence-corrected chi connectivity index (χ1v) is 8.27. The fourth-order valence-electron chi connectivity index (χ4n) is 2.46. The molecule has 1 unspecified atom stereocenters. The molecule has 1 heterocycles. The van der Waals surface area contributed by atoms with E-state index in [-0.39, 0.29) is 16.9 Å². The van der Waals surface area contributed by atoms with Crippen LogP contribution in [0, 0.1) is 0 Å². The van der Waals surface area contributed by atoms with Crippen LogP contribution >= 0.6 is 0 Å². The average Bonchev–Trinajstić information content (AvgIpc) is 2.64. The van der Waals surface area contributed by atoms with E-state index >= 15 is 0 Å². The molecule has 0 aliphatic heterocycles. The number of aliphatic imine (C=N–C) groups is 1. The van der Waals surface area contributed by atoms with E-state index in [0.29, 0.717) is 10.9 Å². The monoisotopic (exact) mass is 370 g/mol. The highest BCUT2D eigenvalue weighted by atomic mass is 16.5. The van der Waals surface area contributed by atoms with Gasteiger partial charge < -0.3 is 14.6 Å². The summed E-state index contributed by atoms with van der Waals surface area (Å²) in [5.41, 5.74) is -0.233. The number of pyridine rings is 1. The van der Waals surface area contributed by atoms with Gasteiger partial charge in [-0.2, -0.15) is 0 Å². The largest absolute Gasteiger partial charge is 0.505 e. The van der Waals surface area contributed by atoms with Crippen LogP contribution in [0.2, 0.25) is 0 Å². The summed E-state index contributed by atoms with van der Waals surface area (Å²) in [7, 11) is 2.39. The second-order valence-electron chi connectivity index (χ2n) is 6.83. The summed E-state index contributed by atoms with van der Waals surface area (Å²) in [5.74, 6) is -0.395. The van der Waals surface area contributed by atoms with Crippen molar-refractivity contribution in [2.24, 2.45) is 4.99 Å². The maximum atomic E-state index is 12.5. The van der Waals surface area contributed by atoms with Crippen LogP contribution in [0.3, 0.4) is 0 Å². The smallest absolute Gasteiger partial charge is 0.344 e. The highest BCUT2D eigenvalue weighted by Crippen LogP contribution is 2.36. The molecule has 0 fully saturated rings. The van der Waals surface area contributed by atoms with Gasteiger partial charge >= 0.3 is 11.9 Å². The fraction of sp³-hybridized carbons (Fsp3) is 0.350. The fourth-order valence-corrected chi connectivity index (χ4v) is 2.46. The van der Waals surface area contributed by atoms with Gasteiger partial charge in [0, 0.05) is 17.1 Å². The molecule has 1 aromatic heterocycles. The van der Waals surface area contributed by atoms with Gasteiger partial charge in [0.25, 0.3) is 0 Å². The van der Waals surface area contributed by atoms with Gasteiger partial charge in [-0.1, -0.05) is 18.2 Å². The number of carbonyl (C=O) groups excluding carboxylic acids is 2. The number of carbonyl (C=O) groups is 2. The Morgan fingerprint density at radius 3 is 2.48 bits per heavy atom. The third kappa shape index (κ3) is 4.51. The summed E-state index contributed by atoms with van der Waals surface area (Å²) in [4.78, 5) is 33.2. The van der Waals surface area contributed by atoms with E-state index in [9.17, 15) is 14.7 Å². The summed E-state index contributed by atoms with van der Waals surface area (Å²) in [6.07, 6.45) is 1.52. The molecule has 0 saturated heterocycles. The molecule has 0 amide bonds. The Kier molecular flexibility index (Phi) is 5.98. The highest BCUT2D eigenvalue weighted by Gasteiger charge is 2.34. The van der Waals surface area contributed by atoms with Gasteiger partial charge in [-0.25, -0.2) is 9.79 Å². The molecule has 0 aliphatic carbocycles. The van der Waals surface area contributed by atoms with Crippen LogP contribution in [0.25, 0.3) is 10.9 Å². The standard InChI is InChI=1S/C20H22N2O5/c1-20(2,3)22-11-14(18(24)26-4)15(19(25)27-5)13-9-8-12-7-6-10-21-16(12)17(13)23/h6-10,15,23H,1-5H3. The zero-order valence-electron chi connectivity index (χ0n) is 15.9. The molecule has 2 rings (SSSR count). The lowest BCUT2D eigenvalue weighted by Crippen LogP contribution is -2.23. The van der Waals surface area contributed by atoms with Crippen molar-refractivity contribution in [3.8, 4) is 5.75 Å². The number of methoxy groups -OCH3 is 2. The van der Waals surface area contributed by atoms with Gasteiger partial charge in [-0.05, 0) is 32.7 Å². The first kappa shape index (κ1) is 20.1. The molecule has 0 aliphatic rings. The number of aromatic hydroxyl groups is 1. The number of aromatic nitrogens is 1. The SMILES string of the molecule is COC(=O)C(=C=NC(C)(C)C)C(C(=O)OC)c1ccc2cccnc2c1O. The highest BCUT2D eigenvalue weighted by molar-refractivity contribution is 6.06. The number of ether oxygens (including phenoxy) is 2. The zero-order chi connectivity index (χ0) is 20.2. The van der Waals surface area contributed by atoms with Crippen LogP contribution in [0.5, 0.6) is 5.75 Å². The van der Waals surface area contributed by atoms with E-state index in [0.717, 1.165) is 0 Å². The molecule has 1 N–H and O–H groups in total. The van der Waals surface area contributed by atoms with Crippen LogP contribution in [0.15, 0.2) is 41.0 Å². The van der Waals surface area contributed by atoms with Crippen LogP contribution in [0.1, 0.15) is 32.3 Å². The number of phenols is 1. The Bertz CT molecular complexity index is 937. The molecule has 7 nitrogen and oxygen atoms in total. The Morgan fingerprint density at radius 1 is 1.19 bits per heavy atom. The van der Waals surface area contributed by atoms with Gasteiger partial charge in [0.1, 0.15) is 22.8 Å². The van der Waals surface area contributed by atoms with Crippen molar-refractivity contribution in [3.05, 3.63) is 41.6 Å². The first-order chi connectivity index (χ1) is 12.7. The van der Waals surface area contributed by atoms with Crippen molar-refractivity contribution in [1.82, 2.24) is 4.98 Å². The number of fused-ring (bicyclic) bond motifs is 1. The van der Waals surface area contributed by atoms with Crippen molar-refractivity contribution < 1.29 is 24.2 Å². The number of phenolic OH excluding ortho intramolecular Hbond substituents is 1. The minimum atomic E-state index is -1.26. The topological polar surface area (TPSA) is 98.1 Å². The summed E-state index contributed by atoms with van der Waals surface area (Å²) < 4.78 is 9.66. The lowest BCUT2D eigenvalue weighted by Gasteiger charge is -2.18. The minimum absolute atomic E-state index is 0.157. The van der Waals surface area contributed by atoms with Crippen LogP contribution < -0.4 is 0 Å². The maximum Gasteiger partial charge on any atom is 0.344 e. The van der Waals surface area contributed by atoms with E-state index in [1.807, 2.05) is 20.8 Å². The van der Waals surface area contributed by atoms with Gasteiger partial charge in [-0.3, -0.25) is 9.78 Å². The molecule has 142 valence electrons. The molecule has 27 heavy (non-hydrogen) atoms. The van der Waals surface area contributed by atoms with Crippen LogP contribution in [-0.2, 0) is 19.1 Å². The van der Waals surface area contributed by atoms with Crippen molar-refractivity contribution in [2.45, 2.75) is 32.2 Å². The third-order valence-electron chi connectivity index (χ3n) is 3.73. The Morgan fingerprint density at radius 2 is 1.89 bits per heavy atom. The number of benzene rings is 1. The Balaban J connectivity index is 2.77. The number of nitrogens with zero attached hydrogens (tertiary/aromatic N) is 2. The lowest BCUT2D eigenvalue weighted by molar-refractivity contribution is -0.144. The molecule has 0 radical (unpaired) electrons. The molecule has 0 bridgehead atoms. The van der Waals surface area contributed by atoms with E-state index in [2.05, 4.69) is 15.8 Å². The second kappa shape index (κ2) is 8.01. The molecule has 2 aromatic rings. The van der Waals surface area contributed by atoms with Crippen molar-refractivity contribution in [3.63, 3.8) is 0 Å². The quantitative estimate of drug-likeness (QED) is 0.505. The van der Waals surface area contributed by atoms with Gasteiger partial charge in [0.2, 0.25) is 0 Å². The predicted octanol–water partition coefficient (Wildman–Crippen LogP) is 2.76. The van der Waals surface area contributed by atoms with Gasteiger partial charge in [-0.15, -0.1) is 0 Å². The van der Waals surface area contributed by atoms with E-state index in [1.54, 1.807) is 24.3 Å². The number of hydrogen-bond donors (Lipinski definition) is 1. The van der Waals surface area contributed by atoms with E-state index in [4.69, 9.17) is 9.47 Å². The number of esters is 2. The van der Waals surface area contributed by atoms with Gasteiger partial charge in [0.15, 0.2) is 0 Å².